The van der Waals surface area contributed by atoms with Gasteiger partial charge in [-0.2, -0.15) is 8.42 Å². The van der Waals surface area contributed by atoms with Crippen molar-refractivity contribution in [2.75, 3.05) is 0 Å². The van der Waals surface area contributed by atoms with Crippen molar-refractivity contribution in [2.45, 2.75) is 25.7 Å². The lowest BCUT2D eigenvalue weighted by molar-refractivity contribution is 0.547. The zero-order valence-corrected chi connectivity index (χ0v) is 6.36. The Balaban J connectivity index is 3.21. The summed E-state index contributed by atoms with van der Waals surface area (Å²) in [5.41, 5.74) is 0. The molecule has 0 aromatic heterocycles. The molecule has 0 aliphatic rings. The molecular formula is C6H9O3S. The van der Waals surface area contributed by atoms with Gasteiger partial charge in [0.15, 0.2) is 6.29 Å². The van der Waals surface area contributed by atoms with Crippen LogP contribution in [0.15, 0.2) is 0 Å². The molecule has 3 nitrogen and oxygen atoms in total. The van der Waals surface area contributed by atoms with Crippen LogP contribution in [0, 0.1) is 0 Å². The van der Waals surface area contributed by atoms with E-state index in [1.165, 1.54) is 5.37 Å². The molecule has 1 radical (unpaired) electrons. The first kappa shape index (κ1) is 9.36. The fourth-order valence-corrected chi connectivity index (χ4v) is 0.880. The zero-order valence-electron chi connectivity index (χ0n) is 5.54. The summed E-state index contributed by atoms with van der Waals surface area (Å²) in [6, 6.07) is 0. The third-order valence-electron chi connectivity index (χ3n) is 0.987. The lowest BCUT2D eigenvalue weighted by atomic mass is 10.2. The van der Waals surface area contributed by atoms with E-state index < -0.39 is 10.3 Å². The molecule has 0 aromatic rings. The second-order valence-electron chi connectivity index (χ2n) is 1.82. The SMILES string of the molecule is O=[C]CCCCC=S(=O)=O. The Bertz CT molecular complexity index is 195. The molecule has 0 atom stereocenters. The summed E-state index contributed by atoms with van der Waals surface area (Å²) in [6.45, 7) is 0. The van der Waals surface area contributed by atoms with Crippen molar-refractivity contribution in [2.24, 2.45) is 0 Å². The molecule has 0 heterocycles. The summed E-state index contributed by atoms with van der Waals surface area (Å²) in [5.74, 6) is 0. The predicted octanol–water partition coefficient (Wildman–Crippen LogP) is 0.338. The first-order valence-corrected chi connectivity index (χ1v) is 4.17. The van der Waals surface area contributed by atoms with Crippen molar-refractivity contribution in [3.8, 4) is 0 Å². The molecule has 0 rings (SSSR count). The van der Waals surface area contributed by atoms with Crippen LogP contribution in [-0.4, -0.2) is 20.1 Å². The maximum Gasteiger partial charge on any atom is 0.209 e. The van der Waals surface area contributed by atoms with Gasteiger partial charge >= 0.3 is 0 Å². The molecule has 0 amide bonds. The van der Waals surface area contributed by atoms with Gasteiger partial charge < -0.3 is 0 Å². The molecule has 0 saturated heterocycles. The average Bonchev–Trinajstić information content (AvgIpc) is 1.87. The van der Waals surface area contributed by atoms with Gasteiger partial charge in [-0.05, 0) is 19.3 Å². The topological polar surface area (TPSA) is 51.2 Å². The maximum absolute atomic E-state index is 9.90. The normalized spacial score (nSPS) is 8.80. The van der Waals surface area contributed by atoms with Crippen molar-refractivity contribution in [3.05, 3.63) is 0 Å². The lowest BCUT2D eigenvalue weighted by Crippen LogP contribution is -1.80. The summed E-state index contributed by atoms with van der Waals surface area (Å²) in [6.07, 6.45) is 4.12. The molecule has 0 unspecified atom stereocenters. The molecular weight excluding hydrogens is 152 g/mol. The van der Waals surface area contributed by atoms with Gasteiger partial charge in [0.2, 0.25) is 10.3 Å². The first-order chi connectivity index (χ1) is 4.77. The molecule has 10 heavy (non-hydrogen) atoms. The van der Waals surface area contributed by atoms with Crippen LogP contribution in [-0.2, 0) is 15.1 Å². The van der Waals surface area contributed by atoms with Crippen LogP contribution in [0.5, 0.6) is 0 Å². The Kier molecular flexibility index (Phi) is 6.06. The molecule has 0 saturated carbocycles. The minimum atomic E-state index is -2.04. The van der Waals surface area contributed by atoms with Crippen LogP contribution in [0.2, 0.25) is 0 Å². The number of rotatable bonds is 5. The Hall–Kier alpha value is -0.640. The summed E-state index contributed by atoms with van der Waals surface area (Å²) < 4.78 is 19.8. The van der Waals surface area contributed by atoms with E-state index in [2.05, 4.69) is 0 Å². The van der Waals surface area contributed by atoms with Crippen LogP contribution in [0.25, 0.3) is 0 Å². The van der Waals surface area contributed by atoms with Crippen molar-refractivity contribution in [1.29, 1.82) is 0 Å². The van der Waals surface area contributed by atoms with E-state index in [1.807, 2.05) is 0 Å². The quantitative estimate of drug-likeness (QED) is 0.431. The Morgan fingerprint density at radius 1 is 1.30 bits per heavy atom. The van der Waals surface area contributed by atoms with E-state index in [4.69, 9.17) is 0 Å². The predicted molar refractivity (Wildman–Crippen MR) is 39.1 cm³/mol. The number of unbranched alkanes of at least 4 members (excludes halogenated alkanes) is 3. The van der Waals surface area contributed by atoms with Crippen LogP contribution >= 0.6 is 0 Å². The zero-order chi connectivity index (χ0) is 7.82. The minimum absolute atomic E-state index is 0.402. The average molecular weight is 161 g/mol. The van der Waals surface area contributed by atoms with Crippen molar-refractivity contribution in [1.82, 2.24) is 0 Å². The molecule has 4 heteroatoms. The first-order valence-electron chi connectivity index (χ1n) is 3.03. The maximum atomic E-state index is 9.90. The van der Waals surface area contributed by atoms with Crippen LogP contribution < -0.4 is 0 Å². The molecule has 0 N–H and O–H groups in total. The van der Waals surface area contributed by atoms with Gasteiger partial charge in [-0.3, -0.25) is 4.79 Å². The molecule has 0 bridgehead atoms. The molecule has 0 aliphatic heterocycles. The standard InChI is InChI=1S/C6H9O3S/c7-5-3-1-2-4-6-10(8)9/h6H,1-4H2. The van der Waals surface area contributed by atoms with Gasteiger partial charge in [-0.15, -0.1) is 0 Å². The molecule has 0 aliphatic carbocycles. The van der Waals surface area contributed by atoms with E-state index in [9.17, 15) is 13.2 Å². The highest BCUT2D eigenvalue weighted by molar-refractivity contribution is 7.71. The van der Waals surface area contributed by atoms with Crippen molar-refractivity contribution >= 4 is 21.9 Å². The van der Waals surface area contributed by atoms with E-state index in [1.54, 1.807) is 6.29 Å². The summed E-state index contributed by atoms with van der Waals surface area (Å²) >= 11 is 0. The molecule has 0 aromatic carbocycles. The van der Waals surface area contributed by atoms with Crippen LogP contribution in [0.3, 0.4) is 0 Å². The van der Waals surface area contributed by atoms with E-state index >= 15 is 0 Å². The van der Waals surface area contributed by atoms with Gasteiger partial charge in [-0.25, -0.2) is 0 Å². The Morgan fingerprint density at radius 3 is 2.50 bits per heavy atom. The van der Waals surface area contributed by atoms with Crippen molar-refractivity contribution in [3.63, 3.8) is 0 Å². The van der Waals surface area contributed by atoms with Gasteiger partial charge in [-0.1, -0.05) is 0 Å². The third-order valence-corrected chi connectivity index (χ3v) is 1.49. The molecule has 0 spiro atoms. The number of carbonyl (C=O) groups excluding carboxylic acids is 1. The summed E-state index contributed by atoms with van der Waals surface area (Å²) in [5, 5.41) is 1.20. The molecule has 57 valence electrons. The highest BCUT2D eigenvalue weighted by Crippen LogP contribution is 1.94. The minimum Gasteiger partial charge on any atom is -0.291 e. The smallest absolute Gasteiger partial charge is 0.209 e. The Labute approximate surface area is 61.6 Å². The van der Waals surface area contributed by atoms with Gasteiger partial charge in [0.25, 0.3) is 0 Å². The highest BCUT2D eigenvalue weighted by atomic mass is 32.2. The summed E-state index contributed by atoms with van der Waals surface area (Å²) in [7, 11) is -2.04. The third kappa shape index (κ3) is 7.36. The second kappa shape index (κ2) is 6.48. The number of hydrogen-bond acceptors (Lipinski definition) is 3. The van der Waals surface area contributed by atoms with Crippen LogP contribution in [0.4, 0.5) is 0 Å². The Morgan fingerprint density at radius 2 is 2.00 bits per heavy atom. The van der Waals surface area contributed by atoms with Gasteiger partial charge in [0.05, 0.1) is 0 Å². The molecule has 0 fully saturated rings. The van der Waals surface area contributed by atoms with Crippen molar-refractivity contribution < 1.29 is 13.2 Å². The van der Waals surface area contributed by atoms with E-state index in [0.717, 1.165) is 12.8 Å². The largest absolute Gasteiger partial charge is 0.291 e. The van der Waals surface area contributed by atoms with Crippen LogP contribution in [0.1, 0.15) is 25.7 Å². The van der Waals surface area contributed by atoms with E-state index in [0.29, 0.717) is 12.8 Å². The second-order valence-corrected chi connectivity index (χ2v) is 2.67. The highest BCUT2D eigenvalue weighted by Gasteiger charge is 1.85. The van der Waals surface area contributed by atoms with Gasteiger partial charge in [0.1, 0.15) is 0 Å². The number of hydrogen-bond donors (Lipinski definition) is 0. The summed E-state index contributed by atoms with van der Waals surface area (Å²) in [4.78, 5) is 9.64. The van der Waals surface area contributed by atoms with Gasteiger partial charge in [0, 0.05) is 11.8 Å². The van der Waals surface area contributed by atoms with E-state index in [-0.39, 0.29) is 0 Å². The fourth-order valence-electron chi connectivity index (χ4n) is 0.521. The lowest BCUT2D eigenvalue weighted by Gasteiger charge is -1.85. The fraction of sp³-hybridized carbons (Fsp3) is 0.667. The monoisotopic (exact) mass is 161 g/mol.